The number of carbonyl (C=O) groups excluding carboxylic acids is 3. The first kappa shape index (κ1) is 20.7. The lowest BCUT2D eigenvalue weighted by Gasteiger charge is -2.23. The maximum absolute atomic E-state index is 13.8. The van der Waals surface area contributed by atoms with Gasteiger partial charge < -0.3 is 19.7 Å². The fraction of sp³-hybridized carbons (Fsp3) is 0.381. The van der Waals surface area contributed by atoms with Crippen LogP contribution in [0.1, 0.15) is 33.7 Å². The molecule has 3 rings (SSSR count). The van der Waals surface area contributed by atoms with E-state index in [1.807, 2.05) is 6.92 Å². The van der Waals surface area contributed by atoms with Crippen LogP contribution in [0.3, 0.4) is 0 Å². The molecule has 2 N–H and O–H groups in total. The van der Waals surface area contributed by atoms with Crippen LogP contribution in [0.15, 0.2) is 30.3 Å². The second-order valence-corrected chi connectivity index (χ2v) is 7.24. The first-order valence-electron chi connectivity index (χ1n) is 9.33. The third-order valence-electron chi connectivity index (χ3n) is 4.97. The van der Waals surface area contributed by atoms with Crippen LogP contribution < -0.4 is 0 Å². The molecule has 2 aromatic rings. The number of Topliss-reactive ketones (excluding diaryl/α,β-unsaturated/α-hetero) is 1. The molecule has 1 amide bonds. The number of aliphatic hydroxyl groups excluding tert-OH is 1. The Morgan fingerprint density at radius 1 is 1.28 bits per heavy atom. The Hall–Kier alpha value is -3.00. The summed E-state index contributed by atoms with van der Waals surface area (Å²) >= 11 is 0. The van der Waals surface area contributed by atoms with Gasteiger partial charge in [0.25, 0.3) is 0 Å². The van der Waals surface area contributed by atoms with Crippen LogP contribution in [0.25, 0.3) is 0 Å². The number of nitrogens with one attached hydrogen (secondary N) is 1. The van der Waals surface area contributed by atoms with Crippen LogP contribution >= 0.6 is 0 Å². The van der Waals surface area contributed by atoms with E-state index in [1.165, 1.54) is 23.1 Å². The molecule has 0 saturated carbocycles. The van der Waals surface area contributed by atoms with Crippen molar-refractivity contribution in [1.82, 2.24) is 9.88 Å². The van der Waals surface area contributed by atoms with Gasteiger partial charge in [0, 0.05) is 29.9 Å². The number of β-amino-alcohol motifs (C(OH)–C–C–N with tert-alkyl or cyclic N) is 1. The Morgan fingerprint density at radius 2 is 2.00 bits per heavy atom. The number of aromatic nitrogens is 1. The smallest absolute Gasteiger partial charge is 0.329 e. The third-order valence-corrected chi connectivity index (χ3v) is 4.97. The van der Waals surface area contributed by atoms with Gasteiger partial charge in [-0.1, -0.05) is 18.2 Å². The van der Waals surface area contributed by atoms with Crippen LogP contribution in [-0.2, 0) is 20.7 Å². The highest BCUT2D eigenvalue weighted by atomic mass is 19.1. The number of likely N-dealkylation sites (tertiary alicyclic amines) is 1. The molecule has 154 valence electrons. The van der Waals surface area contributed by atoms with Crippen LogP contribution in [0.5, 0.6) is 0 Å². The molecule has 1 aliphatic rings. The number of ether oxygens (including phenoxy) is 1. The number of ketones is 1. The average molecular weight is 402 g/mol. The van der Waals surface area contributed by atoms with Crippen LogP contribution in [-0.4, -0.2) is 57.9 Å². The Labute approximate surface area is 167 Å². The zero-order valence-corrected chi connectivity index (χ0v) is 16.3. The summed E-state index contributed by atoms with van der Waals surface area (Å²) in [5.41, 5.74) is 2.15. The molecule has 29 heavy (non-hydrogen) atoms. The number of aromatic amines is 1. The van der Waals surface area contributed by atoms with E-state index in [9.17, 15) is 23.9 Å². The highest BCUT2D eigenvalue weighted by Crippen LogP contribution is 2.21. The molecular weight excluding hydrogens is 379 g/mol. The van der Waals surface area contributed by atoms with Crippen molar-refractivity contribution in [1.29, 1.82) is 0 Å². The summed E-state index contributed by atoms with van der Waals surface area (Å²) in [7, 11) is 0. The van der Waals surface area contributed by atoms with Crippen molar-refractivity contribution in [2.45, 2.75) is 38.8 Å². The number of hydrogen-bond acceptors (Lipinski definition) is 5. The molecule has 1 aromatic carbocycles. The van der Waals surface area contributed by atoms with E-state index in [4.69, 9.17) is 4.74 Å². The van der Waals surface area contributed by atoms with Gasteiger partial charge in [0.2, 0.25) is 11.7 Å². The predicted molar refractivity (Wildman–Crippen MR) is 102 cm³/mol. The van der Waals surface area contributed by atoms with E-state index < -0.39 is 36.4 Å². The summed E-state index contributed by atoms with van der Waals surface area (Å²) in [5, 5.41) is 9.94. The van der Waals surface area contributed by atoms with Gasteiger partial charge in [-0.3, -0.25) is 9.59 Å². The summed E-state index contributed by atoms with van der Waals surface area (Å²) in [5.74, 6) is -2.12. The van der Waals surface area contributed by atoms with Gasteiger partial charge in [-0.2, -0.15) is 0 Å². The highest BCUT2D eigenvalue weighted by molar-refractivity contribution is 5.99. The fourth-order valence-corrected chi connectivity index (χ4v) is 3.54. The van der Waals surface area contributed by atoms with Gasteiger partial charge in [0.05, 0.1) is 12.5 Å². The molecule has 0 radical (unpaired) electrons. The summed E-state index contributed by atoms with van der Waals surface area (Å²) in [4.78, 5) is 41.6. The largest absolute Gasteiger partial charge is 0.456 e. The Kier molecular flexibility index (Phi) is 6.12. The summed E-state index contributed by atoms with van der Waals surface area (Å²) < 4.78 is 19.0. The molecule has 7 nitrogen and oxygen atoms in total. The molecule has 1 aliphatic heterocycles. The number of benzene rings is 1. The van der Waals surface area contributed by atoms with Crippen LogP contribution in [0, 0.1) is 19.7 Å². The normalized spacial score (nSPS) is 18.7. The first-order chi connectivity index (χ1) is 13.8. The van der Waals surface area contributed by atoms with Crippen molar-refractivity contribution in [2.24, 2.45) is 0 Å². The maximum atomic E-state index is 13.8. The molecule has 0 aliphatic carbocycles. The number of aryl methyl sites for hydroxylation is 2. The molecular formula is C21H23FN2O5. The van der Waals surface area contributed by atoms with E-state index in [0.29, 0.717) is 11.3 Å². The maximum Gasteiger partial charge on any atom is 0.329 e. The molecule has 8 heteroatoms. The molecule has 2 unspecified atom stereocenters. The van der Waals surface area contributed by atoms with E-state index in [-0.39, 0.29) is 30.7 Å². The zero-order valence-electron chi connectivity index (χ0n) is 16.3. The molecule has 2 heterocycles. The topological polar surface area (TPSA) is 99.7 Å². The minimum absolute atomic E-state index is 0.0122. The Balaban J connectivity index is 1.63. The average Bonchev–Trinajstić information content (AvgIpc) is 3.23. The van der Waals surface area contributed by atoms with Gasteiger partial charge in [0.15, 0.2) is 6.61 Å². The standard InChI is InChI=1S/C21H23FN2O5/c1-12-7-16(13(2)23-12)19(26)11-29-21(28)18-9-15(25)10-24(18)20(27)8-14-5-3-4-6-17(14)22/h3-7,15,18,23,25H,8-11H2,1-2H3. The second-order valence-electron chi connectivity index (χ2n) is 7.24. The van der Waals surface area contributed by atoms with Crippen molar-refractivity contribution in [3.8, 4) is 0 Å². The van der Waals surface area contributed by atoms with Gasteiger partial charge in [-0.05, 0) is 31.5 Å². The minimum Gasteiger partial charge on any atom is -0.456 e. The number of aliphatic hydroxyl groups is 1. The summed E-state index contributed by atoms with van der Waals surface area (Å²) in [6, 6.07) is 6.55. The van der Waals surface area contributed by atoms with Crippen molar-refractivity contribution in [3.05, 3.63) is 58.7 Å². The molecule has 1 saturated heterocycles. The third kappa shape index (κ3) is 4.71. The van der Waals surface area contributed by atoms with Crippen LogP contribution in [0.4, 0.5) is 4.39 Å². The number of esters is 1. The van der Waals surface area contributed by atoms with E-state index >= 15 is 0 Å². The van der Waals surface area contributed by atoms with Gasteiger partial charge in [-0.25, -0.2) is 9.18 Å². The van der Waals surface area contributed by atoms with Gasteiger partial charge >= 0.3 is 5.97 Å². The number of nitrogens with zero attached hydrogens (tertiary/aromatic N) is 1. The number of carbonyl (C=O) groups is 3. The summed E-state index contributed by atoms with van der Waals surface area (Å²) in [6.07, 6.45) is -1.11. The lowest BCUT2D eigenvalue weighted by atomic mass is 10.1. The number of hydrogen-bond donors (Lipinski definition) is 2. The second kappa shape index (κ2) is 8.57. The number of H-pyrrole nitrogens is 1. The van der Waals surface area contributed by atoms with E-state index in [0.717, 1.165) is 5.69 Å². The predicted octanol–water partition coefficient (Wildman–Crippen LogP) is 1.70. The summed E-state index contributed by atoms with van der Waals surface area (Å²) in [6.45, 7) is 3.06. The van der Waals surface area contributed by atoms with Crippen LogP contribution in [0.2, 0.25) is 0 Å². The first-order valence-corrected chi connectivity index (χ1v) is 9.33. The zero-order chi connectivity index (χ0) is 21.1. The lowest BCUT2D eigenvalue weighted by Crippen LogP contribution is -2.42. The number of amides is 1. The van der Waals surface area contributed by atoms with Gasteiger partial charge in [-0.15, -0.1) is 0 Å². The quantitative estimate of drug-likeness (QED) is 0.566. The van der Waals surface area contributed by atoms with Crippen molar-refractivity contribution in [2.75, 3.05) is 13.2 Å². The molecule has 2 atom stereocenters. The molecule has 1 fully saturated rings. The SMILES string of the molecule is Cc1cc(C(=O)COC(=O)C2CC(O)CN2C(=O)Cc2ccccc2F)c(C)[nH]1. The monoisotopic (exact) mass is 402 g/mol. The fourth-order valence-electron chi connectivity index (χ4n) is 3.54. The number of halogens is 1. The Bertz CT molecular complexity index is 939. The molecule has 0 spiro atoms. The van der Waals surface area contributed by atoms with E-state index in [1.54, 1.807) is 19.1 Å². The minimum atomic E-state index is -1.01. The lowest BCUT2D eigenvalue weighted by molar-refractivity contribution is -0.152. The van der Waals surface area contributed by atoms with Crippen molar-refractivity contribution in [3.63, 3.8) is 0 Å². The van der Waals surface area contributed by atoms with Gasteiger partial charge in [0.1, 0.15) is 11.9 Å². The highest BCUT2D eigenvalue weighted by Gasteiger charge is 2.40. The Morgan fingerprint density at radius 3 is 2.66 bits per heavy atom. The van der Waals surface area contributed by atoms with Crippen molar-refractivity contribution >= 4 is 17.7 Å². The number of rotatable bonds is 6. The molecule has 0 bridgehead atoms. The molecule has 1 aromatic heterocycles. The van der Waals surface area contributed by atoms with E-state index in [2.05, 4.69) is 4.98 Å². The van der Waals surface area contributed by atoms with Crippen molar-refractivity contribution < 1.29 is 28.6 Å².